The Labute approximate surface area is 128 Å². The second-order valence-corrected chi connectivity index (χ2v) is 5.19. The van der Waals surface area contributed by atoms with Gasteiger partial charge in [-0.15, -0.1) is 0 Å². The van der Waals surface area contributed by atoms with Crippen LogP contribution in [0.4, 0.5) is 10.1 Å². The van der Waals surface area contributed by atoms with Gasteiger partial charge >= 0.3 is 0 Å². The van der Waals surface area contributed by atoms with E-state index < -0.39 is 16.8 Å². The first-order valence-corrected chi connectivity index (χ1v) is 6.77. The molecule has 0 radical (unpaired) electrons. The van der Waals surface area contributed by atoms with Gasteiger partial charge in [0.25, 0.3) is 5.69 Å². The van der Waals surface area contributed by atoms with Crippen LogP contribution in [0.5, 0.6) is 11.5 Å². The first kappa shape index (κ1) is 15.4. The molecular formula is C14H11BrFNO4. The van der Waals surface area contributed by atoms with Crippen molar-refractivity contribution in [2.24, 2.45) is 0 Å². The van der Waals surface area contributed by atoms with E-state index in [1.54, 1.807) is 0 Å². The van der Waals surface area contributed by atoms with Crippen LogP contribution in [-0.2, 0) is 0 Å². The fraction of sp³-hybridized carbons (Fsp3) is 0.143. The molecule has 0 fully saturated rings. The summed E-state index contributed by atoms with van der Waals surface area (Å²) >= 11 is 3.23. The number of aliphatic hydroxyl groups is 1. The largest absolute Gasteiger partial charge is 0.456 e. The Morgan fingerprint density at radius 2 is 2.00 bits per heavy atom. The summed E-state index contributed by atoms with van der Waals surface area (Å²) < 4.78 is 19.3. The number of halogens is 2. The maximum absolute atomic E-state index is 13.2. The molecule has 0 aliphatic heterocycles. The summed E-state index contributed by atoms with van der Waals surface area (Å²) in [4.78, 5) is 10.2. The quantitative estimate of drug-likeness (QED) is 0.653. The van der Waals surface area contributed by atoms with E-state index in [1.165, 1.54) is 37.3 Å². The number of rotatable bonds is 4. The van der Waals surface area contributed by atoms with Crippen molar-refractivity contribution < 1.29 is 19.2 Å². The lowest BCUT2D eigenvalue weighted by Crippen LogP contribution is -1.98. The van der Waals surface area contributed by atoms with Crippen LogP contribution in [0.3, 0.4) is 0 Å². The zero-order valence-corrected chi connectivity index (χ0v) is 12.5. The number of nitro benzene ring substituents is 1. The Balaban J connectivity index is 2.43. The molecule has 0 saturated heterocycles. The summed E-state index contributed by atoms with van der Waals surface area (Å²) in [6.07, 6.45) is -0.937. The van der Waals surface area contributed by atoms with Gasteiger partial charge in [-0.2, -0.15) is 0 Å². The Hall–Kier alpha value is -1.99. The first-order chi connectivity index (χ1) is 9.88. The molecule has 110 valence electrons. The predicted molar refractivity (Wildman–Crippen MR) is 77.9 cm³/mol. The third-order valence-corrected chi connectivity index (χ3v) is 3.42. The average molecular weight is 356 g/mol. The summed E-state index contributed by atoms with van der Waals surface area (Å²) in [6, 6.07) is 7.77. The monoisotopic (exact) mass is 355 g/mol. The normalized spacial score (nSPS) is 12.0. The SMILES string of the molecule is C[C@H](O)c1cc(F)ccc1Oc1cc([N+](=O)[O-])ccc1Br. The van der Waals surface area contributed by atoms with Crippen LogP contribution < -0.4 is 4.74 Å². The zero-order chi connectivity index (χ0) is 15.6. The minimum Gasteiger partial charge on any atom is -0.456 e. The molecule has 0 saturated carbocycles. The summed E-state index contributed by atoms with van der Waals surface area (Å²) in [6.45, 7) is 1.48. The number of hydrogen-bond donors (Lipinski definition) is 1. The summed E-state index contributed by atoms with van der Waals surface area (Å²) in [5.41, 5.74) is 0.127. The molecule has 0 bridgehead atoms. The third kappa shape index (κ3) is 3.56. The van der Waals surface area contributed by atoms with Gasteiger partial charge in [-0.05, 0) is 47.1 Å². The van der Waals surface area contributed by atoms with Gasteiger partial charge < -0.3 is 9.84 Å². The highest BCUT2D eigenvalue weighted by molar-refractivity contribution is 9.10. The van der Waals surface area contributed by atoms with Crippen LogP contribution in [0.25, 0.3) is 0 Å². The van der Waals surface area contributed by atoms with E-state index in [-0.39, 0.29) is 22.7 Å². The molecule has 0 heterocycles. The highest BCUT2D eigenvalue weighted by Gasteiger charge is 2.15. The first-order valence-electron chi connectivity index (χ1n) is 5.98. The van der Waals surface area contributed by atoms with E-state index in [1.807, 2.05) is 0 Å². The van der Waals surface area contributed by atoms with Crippen molar-refractivity contribution in [1.29, 1.82) is 0 Å². The minimum atomic E-state index is -0.937. The zero-order valence-electron chi connectivity index (χ0n) is 10.9. The number of nitro groups is 1. The van der Waals surface area contributed by atoms with E-state index in [0.717, 1.165) is 6.07 Å². The molecule has 0 unspecified atom stereocenters. The van der Waals surface area contributed by atoms with Crippen molar-refractivity contribution in [2.45, 2.75) is 13.0 Å². The van der Waals surface area contributed by atoms with Crippen molar-refractivity contribution in [3.05, 3.63) is 62.4 Å². The van der Waals surface area contributed by atoms with E-state index in [2.05, 4.69) is 15.9 Å². The van der Waals surface area contributed by atoms with E-state index in [0.29, 0.717) is 4.47 Å². The molecule has 2 rings (SSSR count). The lowest BCUT2D eigenvalue weighted by atomic mass is 10.1. The molecule has 1 N–H and O–H groups in total. The molecule has 0 spiro atoms. The second kappa shape index (κ2) is 6.19. The topological polar surface area (TPSA) is 72.6 Å². The lowest BCUT2D eigenvalue weighted by molar-refractivity contribution is -0.384. The Morgan fingerprint density at radius 1 is 1.29 bits per heavy atom. The standard InChI is InChI=1S/C14H11BrFNO4/c1-8(18)11-6-9(16)2-5-13(11)21-14-7-10(17(19)20)3-4-12(14)15/h2-8,18H,1H3/t8-/m0/s1. The molecule has 0 aromatic heterocycles. The van der Waals surface area contributed by atoms with Gasteiger partial charge in [0.15, 0.2) is 0 Å². The fourth-order valence-electron chi connectivity index (χ4n) is 1.74. The number of benzene rings is 2. The molecule has 2 aromatic carbocycles. The van der Waals surface area contributed by atoms with Crippen molar-refractivity contribution in [3.8, 4) is 11.5 Å². The van der Waals surface area contributed by atoms with Crippen LogP contribution >= 0.6 is 15.9 Å². The van der Waals surface area contributed by atoms with Gasteiger partial charge in [0, 0.05) is 11.6 Å². The molecule has 2 aromatic rings. The fourth-order valence-corrected chi connectivity index (χ4v) is 2.07. The number of ether oxygens (including phenoxy) is 1. The molecule has 7 heteroatoms. The summed E-state index contributed by atoms with van der Waals surface area (Å²) in [7, 11) is 0. The molecule has 0 aliphatic rings. The number of aliphatic hydroxyl groups excluding tert-OH is 1. The predicted octanol–water partition coefficient (Wildman–Crippen LogP) is 4.34. The van der Waals surface area contributed by atoms with Crippen LogP contribution in [0.1, 0.15) is 18.6 Å². The second-order valence-electron chi connectivity index (χ2n) is 4.33. The van der Waals surface area contributed by atoms with Crippen LogP contribution in [0.2, 0.25) is 0 Å². The Morgan fingerprint density at radius 3 is 2.62 bits per heavy atom. The third-order valence-electron chi connectivity index (χ3n) is 2.77. The van der Waals surface area contributed by atoms with Gasteiger partial charge in [0.2, 0.25) is 0 Å². The van der Waals surface area contributed by atoms with Crippen molar-refractivity contribution in [3.63, 3.8) is 0 Å². The average Bonchev–Trinajstić information content (AvgIpc) is 2.42. The number of hydrogen-bond acceptors (Lipinski definition) is 4. The van der Waals surface area contributed by atoms with Crippen LogP contribution in [0, 0.1) is 15.9 Å². The maximum Gasteiger partial charge on any atom is 0.273 e. The molecule has 21 heavy (non-hydrogen) atoms. The Kier molecular flexibility index (Phi) is 4.54. The highest BCUT2D eigenvalue weighted by Crippen LogP contribution is 2.36. The van der Waals surface area contributed by atoms with Crippen molar-refractivity contribution >= 4 is 21.6 Å². The number of non-ortho nitro benzene ring substituents is 1. The maximum atomic E-state index is 13.2. The summed E-state index contributed by atoms with van der Waals surface area (Å²) in [5.74, 6) is -0.0679. The molecular weight excluding hydrogens is 345 g/mol. The van der Waals surface area contributed by atoms with E-state index >= 15 is 0 Å². The van der Waals surface area contributed by atoms with Gasteiger partial charge in [0.1, 0.15) is 17.3 Å². The number of nitrogens with zero attached hydrogens (tertiary/aromatic N) is 1. The molecule has 0 amide bonds. The molecule has 0 aliphatic carbocycles. The van der Waals surface area contributed by atoms with Gasteiger partial charge in [-0.25, -0.2) is 4.39 Å². The lowest BCUT2D eigenvalue weighted by Gasteiger charge is -2.14. The van der Waals surface area contributed by atoms with E-state index in [4.69, 9.17) is 4.74 Å². The van der Waals surface area contributed by atoms with Crippen LogP contribution in [-0.4, -0.2) is 10.0 Å². The highest BCUT2D eigenvalue weighted by atomic mass is 79.9. The molecule has 1 atom stereocenters. The van der Waals surface area contributed by atoms with Gasteiger partial charge in [-0.1, -0.05) is 0 Å². The van der Waals surface area contributed by atoms with E-state index in [9.17, 15) is 19.6 Å². The Bertz CT molecular complexity index is 691. The van der Waals surface area contributed by atoms with Gasteiger partial charge in [0.05, 0.1) is 21.6 Å². The van der Waals surface area contributed by atoms with Crippen LogP contribution in [0.15, 0.2) is 40.9 Å². The van der Waals surface area contributed by atoms with Crippen molar-refractivity contribution in [1.82, 2.24) is 0 Å². The molecule has 5 nitrogen and oxygen atoms in total. The minimum absolute atomic E-state index is 0.131. The van der Waals surface area contributed by atoms with Gasteiger partial charge in [-0.3, -0.25) is 10.1 Å². The summed E-state index contributed by atoms with van der Waals surface area (Å²) in [5, 5.41) is 20.4. The smallest absolute Gasteiger partial charge is 0.273 e. The van der Waals surface area contributed by atoms with Crippen molar-refractivity contribution in [2.75, 3.05) is 0 Å².